The van der Waals surface area contributed by atoms with Gasteiger partial charge in [-0.3, -0.25) is 14.7 Å². The Hall–Kier alpha value is -2.24. The minimum atomic E-state index is -0.237. The van der Waals surface area contributed by atoms with Crippen LogP contribution in [0.15, 0.2) is 54.7 Å². The summed E-state index contributed by atoms with van der Waals surface area (Å²) in [7, 11) is 0. The van der Waals surface area contributed by atoms with Crippen LogP contribution in [0.3, 0.4) is 0 Å². The van der Waals surface area contributed by atoms with Crippen LogP contribution in [-0.2, 0) is 11.2 Å². The lowest BCUT2D eigenvalue weighted by molar-refractivity contribution is -0.123. The van der Waals surface area contributed by atoms with Crippen molar-refractivity contribution in [2.45, 2.75) is 38.6 Å². The van der Waals surface area contributed by atoms with Crippen molar-refractivity contribution in [1.29, 1.82) is 0 Å². The van der Waals surface area contributed by atoms with E-state index in [2.05, 4.69) is 40.9 Å². The third-order valence-electron chi connectivity index (χ3n) is 6.03. The number of nitrogens with one attached hydrogen (secondary N) is 1. The Balaban J connectivity index is 1.65. The highest BCUT2D eigenvalue weighted by molar-refractivity contribution is 5.84. The van der Waals surface area contributed by atoms with Crippen LogP contribution in [0.4, 0.5) is 0 Å². The zero-order chi connectivity index (χ0) is 20.7. The van der Waals surface area contributed by atoms with E-state index < -0.39 is 0 Å². The number of piperazine rings is 1. The monoisotopic (exact) mass is 394 g/mol. The average molecular weight is 395 g/mol. The Labute approximate surface area is 175 Å². The van der Waals surface area contributed by atoms with Crippen LogP contribution in [0.25, 0.3) is 0 Å². The topological polar surface area (TPSA) is 48.5 Å². The van der Waals surface area contributed by atoms with Gasteiger partial charge in [0.1, 0.15) is 0 Å². The predicted octanol–water partition coefficient (Wildman–Crippen LogP) is 2.94. The molecule has 1 saturated heterocycles. The number of hydrogen-bond donors (Lipinski definition) is 1. The molecule has 1 fully saturated rings. The first-order chi connectivity index (χ1) is 14.0. The molecular weight excluding hydrogens is 360 g/mol. The van der Waals surface area contributed by atoms with Gasteiger partial charge >= 0.3 is 0 Å². The molecule has 156 valence electrons. The maximum absolute atomic E-state index is 13.2. The number of rotatable bonds is 8. The summed E-state index contributed by atoms with van der Waals surface area (Å²) < 4.78 is 0. The van der Waals surface area contributed by atoms with Gasteiger partial charge in [0.2, 0.25) is 5.91 Å². The molecule has 0 spiro atoms. The zero-order valence-corrected chi connectivity index (χ0v) is 18.0. The van der Waals surface area contributed by atoms with Crippen LogP contribution < -0.4 is 5.32 Å². The van der Waals surface area contributed by atoms with Crippen LogP contribution >= 0.6 is 0 Å². The Morgan fingerprint density at radius 2 is 1.76 bits per heavy atom. The molecule has 1 aromatic heterocycles. The fourth-order valence-corrected chi connectivity index (χ4v) is 3.98. The maximum Gasteiger partial charge on any atom is 0.228 e. The molecule has 1 aliphatic rings. The zero-order valence-electron chi connectivity index (χ0n) is 18.0. The Morgan fingerprint density at radius 1 is 1.07 bits per heavy atom. The highest BCUT2D eigenvalue weighted by Crippen LogP contribution is 2.22. The van der Waals surface area contributed by atoms with E-state index in [0.29, 0.717) is 13.0 Å². The highest BCUT2D eigenvalue weighted by atomic mass is 16.1. The number of carbonyl (C=O) groups excluding carboxylic acids is 1. The molecule has 1 unspecified atom stereocenters. The number of likely N-dealkylation sites (N-methyl/N-ethyl adjacent to an activating group) is 1. The molecule has 1 aliphatic heterocycles. The standard InChI is InChI=1S/C24H34N4O/c1-4-27-14-16-28(17-15-27)24(2,3)19-26-23(29)22(20-10-6-5-7-11-20)18-21-12-8-9-13-25-21/h5-13,22H,4,14-19H2,1-3H3,(H,26,29). The SMILES string of the molecule is CCN1CCN(C(C)(C)CNC(=O)C(Cc2ccccn2)c2ccccc2)CC1. The van der Waals surface area contributed by atoms with E-state index in [9.17, 15) is 4.79 Å². The molecule has 29 heavy (non-hydrogen) atoms. The van der Waals surface area contributed by atoms with Crippen LogP contribution in [0.5, 0.6) is 0 Å². The first kappa shape index (κ1) is 21.5. The molecule has 1 N–H and O–H groups in total. The molecule has 1 aromatic carbocycles. The molecule has 3 rings (SSSR count). The largest absolute Gasteiger partial charge is 0.354 e. The molecule has 1 amide bonds. The number of amides is 1. The Morgan fingerprint density at radius 3 is 2.38 bits per heavy atom. The fraction of sp³-hybridized carbons (Fsp3) is 0.500. The van der Waals surface area contributed by atoms with Gasteiger partial charge in [0.05, 0.1) is 5.92 Å². The van der Waals surface area contributed by atoms with Crippen molar-refractivity contribution in [3.05, 3.63) is 66.0 Å². The average Bonchev–Trinajstić information content (AvgIpc) is 2.77. The molecule has 0 aliphatic carbocycles. The second kappa shape index (κ2) is 9.99. The van der Waals surface area contributed by atoms with Crippen LogP contribution in [-0.4, -0.2) is 65.5 Å². The van der Waals surface area contributed by atoms with Crippen molar-refractivity contribution in [1.82, 2.24) is 20.1 Å². The highest BCUT2D eigenvalue weighted by Gasteiger charge is 2.31. The van der Waals surface area contributed by atoms with Gasteiger partial charge in [-0.1, -0.05) is 43.3 Å². The van der Waals surface area contributed by atoms with Gasteiger partial charge in [-0.15, -0.1) is 0 Å². The second-order valence-electron chi connectivity index (χ2n) is 8.44. The molecule has 2 heterocycles. The molecule has 5 nitrogen and oxygen atoms in total. The minimum absolute atomic E-state index is 0.0677. The van der Waals surface area contributed by atoms with E-state index in [1.165, 1.54) is 0 Å². The summed E-state index contributed by atoms with van der Waals surface area (Å²) in [6.45, 7) is 12.7. The van der Waals surface area contributed by atoms with Crippen molar-refractivity contribution in [3.63, 3.8) is 0 Å². The van der Waals surface area contributed by atoms with Crippen molar-refractivity contribution in [3.8, 4) is 0 Å². The maximum atomic E-state index is 13.2. The lowest BCUT2D eigenvalue weighted by atomic mass is 9.92. The lowest BCUT2D eigenvalue weighted by Crippen LogP contribution is -2.58. The number of benzene rings is 1. The lowest BCUT2D eigenvalue weighted by Gasteiger charge is -2.44. The van der Waals surface area contributed by atoms with Gasteiger partial charge in [0, 0.05) is 56.6 Å². The van der Waals surface area contributed by atoms with Crippen molar-refractivity contribution < 1.29 is 4.79 Å². The number of nitrogens with zero attached hydrogens (tertiary/aromatic N) is 3. The summed E-state index contributed by atoms with van der Waals surface area (Å²) in [5.74, 6) is -0.166. The van der Waals surface area contributed by atoms with Gasteiger partial charge in [-0.05, 0) is 38.1 Å². The molecular formula is C24H34N4O. The minimum Gasteiger partial charge on any atom is -0.354 e. The van der Waals surface area contributed by atoms with Gasteiger partial charge in [0.25, 0.3) is 0 Å². The molecule has 0 radical (unpaired) electrons. The van der Waals surface area contributed by atoms with Crippen LogP contribution in [0.1, 0.15) is 37.9 Å². The summed E-state index contributed by atoms with van der Waals surface area (Å²) in [4.78, 5) is 22.6. The smallest absolute Gasteiger partial charge is 0.228 e. The van der Waals surface area contributed by atoms with E-state index in [-0.39, 0.29) is 17.4 Å². The van der Waals surface area contributed by atoms with Gasteiger partial charge in [0.15, 0.2) is 0 Å². The van der Waals surface area contributed by atoms with Crippen molar-refractivity contribution >= 4 is 5.91 Å². The number of hydrogen-bond acceptors (Lipinski definition) is 4. The van der Waals surface area contributed by atoms with Gasteiger partial charge in [-0.25, -0.2) is 0 Å². The van der Waals surface area contributed by atoms with E-state index in [1.54, 1.807) is 6.20 Å². The van der Waals surface area contributed by atoms with E-state index in [0.717, 1.165) is 44.0 Å². The molecule has 5 heteroatoms. The van der Waals surface area contributed by atoms with Gasteiger partial charge in [-0.2, -0.15) is 0 Å². The summed E-state index contributed by atoms with van der Waals surface area (Å²) in [6, 6.07) is 15.9. The van der Waals surface area contributed by atoms with Crippen LogP contribution in [0, 0.1) is 0 Å². The molecule has 0 saturated carbocycles. The molecule has 1 atom stereocenters. The number of aromatic nitrogens is 1. The number of carbonyl (C=O) groups is 1. The quantitative estimate of drug-likeness (QED) is 0.748. The summed E-state index contributed by atoms with van der Waals surface area (Å²) in [5.41, 5.74) is 1.90. The van der Waals surface area contributed by atoms with Crippen molar-refractivity contribution in [2.24, 2.45) is 0 Å². The first-order valence-corrected chi connectivity index (χ1v) is 10.7. The third kappa shape index (κ3) is 5.87. The third-order valence-corrected chi connectivity index (χ3v) is 6.03. The summed E-state index contributed by atoms with van der Waals surface area (Å²) in [6.07, 6.45) is 2.39. The van der Waals surface area contributed by atoms with Crippen molar-refractivity contribution in [2.75, 3.05) is 39.3 Å². The second-order valence-corrected chi connectivity index (χ2v) is 8.44. The van der Waals surface area contributed by atoms with Gasteiger partial charge < -0.3 is 10.2 Å². The Kier molecular flexibility index (Phi) is 7.40. The number of pyridine rings is 1. The normalized spacial score (nSPS) is 17.1. The fourth-order valence-electron chi connectivity index (χ4n) is 3.98. The van der Waals surface area contributed by atoms with E-state index in [1.807, 2.05) is 48.5 Å². The van der Waals surface area contributed by atoms with E-state index in [4.69, 9.17) is 0 Å². The molecule has 2 aromatic rings. The summed E-state index contributed by atoms with van der Waals surface area (Å²) >= 11 is 0. The van der Waals surface area contributed by atoms with E-state index >= 15 is 0 Å². The predicted molar refractivity (Wildman–Crippen MR) is 118 cm³/mol. The Bertz CT molecular complexity index is 755. The molecule has 0 bridgehead atoms. The first-order valence-electron chi connectivity index (χ1n) is 10.7. The summed E-state index contributed by atoms with van der Waals surface area (Å²) in [5, 5.41) is 3.24. The van der Waals surface area contributed by atoms with Crippen LogP contribution in [0.2, 0.25) is 0 Å².